The maximum atomic E-state index is 13.3. The van der Waals surface area contributed by atoms with E-state index in [4.69, 9.17) is 9.47 Å². The first-order valence-electron chi connectivity index (χ1n) is 6.03. The van der Waals surface area contributed by atoms with E-state index in [1.54, 1.807) is 19.1 Å². The summed E-state index contributed by atoms with van der Waals surface area (Å²) in [4.78, 5) is 0. The van der Waals surface area contributed by atoms with Gasteiger partial charge in [0, 0.05) is 6.07 Å². The van der Waals surface area contributed by atoms with E-state index in [2.05, 4.69) is 13.8 Å². The fraction of sp³-hybridized carbons (Fsp3) is 0.571. The Hall–Kier alpha value is -1.09. The largest absolute Gasteiger partial charge is 0.491 e. The van der Waals surface area contributed by atoms with Crippen molar-refractivity contribution < 1.29 is 13.9 Å². The van der Waals surface area contributed by atoms with Crippen LogP contribution in [0, 0.1) is 12.7 Å². The molecule has 1 aromatic carbocycles. The average molecular weight is 238 g/mol. The van der Waals surface area contributed by atoms with Crippen LogP contribution in [0.5, 0.6) is 5.75 Å². The quantitative estimate of drug-likeness (QED) is 0.802. The van der Waals surface area contributed by atoms with E-state index in [1.165, 1.54) is 6.07 Å². The second-order valence-electron chi connectivity index (χ2n) is 5.26. The fourth-order valence-electron chi connectivity index (χ4n) is 2.05. The van der Waals surface area contributed by atoms with E-state index in [0.717, 1.165) is 12.8 Å². The molecule has 0 aromatic heterocycles. The molecule has 1 unspecified atom stereocenters. The van der Waals surface area contributed by atoms with Crippen LogP contribution in [-0.2, 0) is 4.74 Å². The van der Waals surface area contributed by atoms with E-state index in [9.17, 15) is 4.39 Å². The third-order valence-electron chi connectivity index (χ3n) is 3.13. The molecule has 1 aromatic rings. The molecule has 2 rings (SSSR count). The van der Waals surface area contributed by atoms with Crippen molar-refractivity contribution in [3.63, 3.8) is 0 Å². The Morgan fingerprint density at radius 1 is 1.47 bits per heavy atom. The third-order valence-corrected chi connectivity index (χ3v) is 3.13. The van der Waals surface area contributed by atoms with Crippen molar-refractivity contribution in [3.8, 4) is 5.75 Å². The van der Waals surface area contributed by atoms with Crippen molar-refractivity contribution in [2.45, 2.75) is 45.3 Å². The number of hydrogen-bond donors (Lipinski definition) is 0. The van der Waals surface area contributed by atoms with Crippen molar-refractivity contribution in [1.82, 2.24) is 0 Å². The summed E-state index contributed by atoms with van der Waals surface area (Å²) in [5.41, 5.74) is 0.586. The molecule has 0 saturated carbocycles. The molecule has 0 bridgehead atoms. The first-order chi connectivity index (χ1) is 7.96. The predicted octanol–water partition coefficient (Wildman–Crippen LogP) is 3.47. The molecule has 1 aliphatic heterocycles. The van der Waals surface area contributed by atoms with E-state index in [0.29, 0.717) is 17.9 Å². The molecular formula is C14H19FO2. The maximum absolute atomic E-state index is 13.3. The Balaban J connectivity index is 1.88. The van der Waals surface area contributed by atoms with Crippen LogP contribution in [0.2, 0.25) is 0 Å². The van der Waals surface area contributed by atoms with Crippen LogP contribution in [-0.4, -0.2) is 18.3 Å². The summed E-state index contributed by atoms with van der Waals surface area (Å²) in [7, 11) is 0. The van der Waals surface area contributed by atoms with Crippen LogP contribution in [0.15, 0.2) is 18.2 Å². The zero-order chi connectivity index (χ0) is 12.5. The zero-order valence-corrected chi connectivity index (χ0v) is 10.6. The molecular weight excluding hydrogens is 219 g/mol. The Morgan fingerprint density at radius 3 is 2.82 bits per heavy atom. The van der Waals surface area contributed by atoms with E-state index in [1.807, 2.05) is 0 Å². The molecule has 0 spiro atoms. The minimum atomic E-state index is -0.227. The molecule has 0 N–H and O–H groups in total. The monoisotopic (exact) mass is 238 g/mol. The highest BCUT2D eigenvalue weighted by Gasteiger charge is 2.31. The highest BCUT2D eigenvalue weighted by Crippen LogP contribution is 2.29. The van der Waals surface area contributed by atoms with Gasteiger partial charge in [0.1, 0.15) is 18.2 Å². The van der Waals surface area contributed by atoms with Gasteiger partial charge in [-0.2, -0.15) is 0 Å². The van der Waals surface area contributed by atoms with Gasteiger partial charge >= 0.3 is 0 Å². The Bertz CT molecular complexity index is 401. The number of rotatable bonds is 3. The third kappa shape index (κ3) is 3.19. The molecule has 1 saturated heterocycles. The van der Waals surface area contributed by atoms with Crippen LogP contribution >= 0.6 is 0 Å². The molecule has 0 amide bonds. The molecule has 94 valence electrons. The van der Waals surface area contributed by atoms with Gasteiger partial charge in [0.25, 0.3) is 0 Å². The standard InChI is InChI=1S/C14H19FO2/c1-10-4-5-11(8-13(10)15)16-9-12-6-7-14(2,3)17-12/h4-5,8,12H,6-7,9H2,1-3H3. The minimum absolute atomic E-state index is 0.0491. The van der Waals surface area contributed by atoms with Crippen LogP contribution < -0.4 is 4.74 Å². The van der Waals surface area contributed by atoms with Crippen molar-refractivity contribution in [2.75, 3.05) is 6.61 Å². The van der Waals surface area contributed by atoms with Gasteiger partial charge in [-0.1, -0.05) is 6.07 Å². The first kappa shape index (κ1) is 12.4. The zero-order valence-electron chi connectivity index (χ0n) is 10.6. The van der Waals surface area contributed by atoms with Crippen LogP contribution in [0.1, 0.15) is 32.3 Å². The lowest BCUT2D eigenvalue weighted by Gasteiger charge is -2.19. The number of ether oxygens (including phenoxy) is 2. The van der Waals surface area contributed by atoms with Crippen molar-refractivity contribution >= 4 is 0 Å². The highest BCUT2D eigenvalue weighted by atomic mass is 19.1. The molecule has 0 radical (unpaired) electrons. The van der Waals surface area contributed by atoms with Gasteiger partial charge in [0.15, 0.2) is 0 Å². The van der Waals surface area contributed by atoms with Gasteiger partial charge in [-0.25, -0.2) is 4.39 Å². The van der Waals surface area contributed by atoms with Crippen molar-refractivity contribution in [3.05, 3.63) is 29.6 Å². The molecule has 3 heteroatoms. The lowest BCUT2D eigenvalue weighted by atomic mass is 10.1. The smallest absolute Gasteiger partial charge is 0.129 e. The number of halogens is 1. The SMILES string of the molecule is Cc1ccc(OCC2CCC(C)(C)O2)cc1F. The predicted molar refractivity (Wildman–Crippen MR) is 64.8 cm³/mol. The Kier molecular flexibility index (Phi) is 3.38. The Labute approximate surface area is 102 Å². The van der Waals surface area contributed by atoms with Gasteiger partial charge in [-0.05, 0) is 45.2 Å². The molecule has 0 aliphatic carbocycles. The fourth-order valence-corrected chi connectivity index (χ4v) is 2.05. The second kappa shape index (κ2) is 4.65. The summed E-state index contributed by atoms with van der Waals surface area (Å²) in [6, 6.07) is 4.94. The lowest BCUT2D eigenvalue weighted by molar-refractivity contribution is -0.0326. The van der Waals surface area contributed by atoms with Crippen LogP contribution in [0.3, 0.4) is 0 Å². The highest BCUT2D eigenvalue weighted by molar-refractivity contribution is 5.28. The summed E-state index contributed by atoms with van der Waals surface area (Å²) in [6.07, 6.45) is 2.17. The summed E-state index contributed by atoms with van der Waals surface area (Å²) in [5, 5.41) is 0. The van der Waals surface area contributed by atoms with Crippen molar-refractivity contribution in [2.24, 2.45) is 0 Å². The Morgan fingerprint density at radius 2 is 2.24 bits per heavy atom. The molecule has 17 heavy (non-hydrogen) atoms. The lowest BCUT2D eigenvalue weighted by Crippen LogP contribution is -2.23. The molecule has 1 fully saturated rings. The first-order valence-corrected chi connectivity index (χ1v) is 6.03. The van der Waals surface area contributed by atoms with Gasteiger partial charge < -0.3 is 9.47 Å². The molecule has 1 atom stereocenters. The van der Waals surface area contributed by atoms with E-state index >= 15 is 0 Å². The number of aryl methyl sites for hydroxylation is 1. The molecule has 1 heterocycles. The van der Waals surface area contributed by atoms with Crippen LogP contribution in [0.25, 0.3) is 0 Å². The summed E-state index contributed by atoms with van der Waals surface area (Å²) in [5.74, 6) is 0.344. The van der Waals surface area contributed by atoms with Crippen LogP contribution in [0.4, 0.5) is 4.39 Å². The second-order valence-corrected chi connectivity index (χ2v) is 5.26. The van der Waals surface area contributed by atoms with Gasteiger partial charge in [0.2, 0.25) is 0 Å². The maximum Gasteiger partial charge on any atom is 0.129 e. The average Bonchev–Trinajstić information content (AvgIpc) is 2.60. The topological polar surface area (TPSA) is 18.5 Å². The minimum Gasteiger partial charge on any atom is -0.491 e. The van der Waals surface area contributed by atoms with Gasteiger partial charge in [-0.15, -0.1) is 0 Å². The van der Waals surface area contributed by atoms with E-state index < -0.39 is 0 Å². The van der Waals surface area contributed by atoms with Crippen molar-refractivity contribution in [1.29, 1.82) is 0 Å². The summed E-state index contributed by atoms with van der Waals surface area (Å²) < 4.78 is 24.7. The summed E-state index contributed by atoms with van der Waals surface area (Å²) in [6.45, 7) is 6.39. The molecule has 2 nitrogen and oxygen atoms in total. The number of benzene rings is 1. The van der Waals surface area contributed by atoms with Gasteiger partial charge in [-0.3, -0.25) is 0 Å². The molecule has 1 aliphatic rings. The summed E-state index contributed by atoms with van der Waals surface area (Å²) >= 11 is 0. The number of hydrogen-bond acceptors (Lipinski definition) is 2. The normalized spacial score (nSPS) is 22.7. The van der Waals surface area contributed by atoms with Gasteiger partial charge in [0.05, 0.1) is 11.7 Å². The van der Waals surface area contributed by atoms with E-state index in [-0.39, 0.29) is 17.5 Å².